The normalized spacial score (nSPS) is 13.3. The lowest BCUT2D eigenvalue weighted by Gasteiger charge is -2.16. The molecule has 6 rings (SSSR count). The van der Waals surface area contributed by atoms with Crippen molar-refractivity contribution < 1.29 is 29.2 Å². The van der Waals surface area contributed by atoms with E-state index in [0.29, 0.717) is 16.6 Å². The number of imide groups is 2. The Balaban J connectivity index is 0.000000148. The molecule has 0 saturated carbocycles. The summed E-state index contributed by atoms with van der Waals surface area (Å²) in [5, 5.41) is 21.8. The Morgan fingerprint density at radius 2 is 1.10 bits per heavy atom. The van der Waals surface area contributed by atoms with Gasteiger partial charge in [-0.05, 0) is 45.9 Å². The number of fused-ring (bicyclic) bond motifs is 2. The predicted octanol–water partition coefficient (Wildman–Crippen LogP) is 2.79. The number of carbonyl (C=O) groups is 4. The summed E-state index contributed by atoms with van der Waals surface area (Å²) in [6.07, 6.45) is 0.560. The molecule has 0 aromatic heterocycles. The van der Waals surface area contributed by atoms with Crippen molar-refractivity contribution in [3.63, 3.8) is 0 Å². The van der Waals surface area contributed by atoms with Crippen LogP contribution in [-0.2, 0) is 22.4 Å². The van der Waals surface area contributed by atoms with Crippen molar-refractivity contribution >= 4 is 52.1 Å². The van der Waals surface area contributed by atoms with Crippen LogP contribution in [-0.4, -0.2) is 40.8 Å². The van der Waals surface area contributed by atoms with Gasteiger partial charge in [0.15, 0.2) is 0 Å². The molecule has 8 nitrogen and oxygen atoms in total. The molecule has 0 fully saturated rings. The SMILES string of the molecule is O=C1Cc2ccc(-c3ccccc3)cc2C(=O)N1.O=C1Cc2ccc(Br)cc2C(=O)N1.OB(O)c1ccccc1. The van der Waals surface area contributed by atoms with E-state index in [1.54, 1.807) is 36.4 Å². The van der Waals surface area contributed by atoms with Gasteiger partial charge in [0.25, 0.3) is 11.8 Å². The fourth-order valence-electron chi connectivity index (χ4n) is 4.11. The van der Waals surface area contributed by atoms with Crippen molar-refractivity contribution in [2.24, 2.45) is 0 Å². The molecule has 0 bridgehead atoms. The Morgan fingerprint density at radius 1 is 0.600 bits per heavy atom. The number of hydrogen-bond acceptors (Lipinski definition) is 6. The standard InChI is InChI=1S/C15H11NO2.C9H6BrNO2.C6H7BO2/c17-14-9-12-7-6-11(8-13(12)15(18)16-14)10-4-2-1-3-5-10;10-6-2-1-5-3-8(12)11-9(13)7(5)4-6;8-7(9)6-4-2-1-3-5-6/h1-8H,9H2,(H,16,17,18);1-2,4H,3H2,(H,11,12,13);1-5,8-9H. The molecule has 0 saturated heterocycles. The lowest BCUT2D eigenvalue weighted by atomic mass is 9.81. The Morgan fingerprint density at radius 3 is 1.62 bits per heavy atom. The van der Waals surface area contributed by atoms with Crippen LogP contribution < -0.4 is 16.1 Å². The van der Waals surface area contributed by atoms with E-state index in [1.165, 1.54) is 0 Å². The maximum Gasteiger partial charge on any atom is 0.488 e. The molecule has 4 aromatic rings. The zero-order valence-corrected chi connectivity index (χ0v) is 22.7. The molecule has 0 unspecified atom stereocenters. The van der Waals surface area contributed by atoms with Crippen molar-refractivity contribution in [2.45, 2.75) is 12.8 Å². The molecule has 200 valence electrons. The lowest BCUT2D eigenvalue weighted by molar-refractivity contribution is -0.120. The van der Waals surface area contributed by atoms with Crippen molar-refractivity contribution in [1.82, 2.24) is 10.6 Å². The van der Waals surface area contributed by atoms with Crippen LogP contribution in [0, 0.1) is 0 Å². The van der Waals surface area contributed by atoms with Crippen molar-refractivity contribution in [3.8, 4) is 11.1 Å². The molecule has 0 spiro atoms. The number of benzene rings is 4. The Hall–Kier alpha value is -4.38. The third kappa shape index (κ3) is 7.38. The molecule has 0 atom stereocenters. The highest BCUT2D eigenvalue weighted by atomic mass is 79.9. The van der Waals surface area contributed by atoms with Gasteiger partial charge in [0.05, 0.1) is 12.8 Å². The minimum atomic E-state index is -1.34. The van der Waals surface area contributed by atoms with Gasteiger partial charge >= 0.3 is 7.12 Å². The average molecular weight is 599 g/mol. The molecule has 2 aliphatic rings. The van der Waals surface area contributed by atoms with Gasteiger partial charge in [0, 0.05) is 15.6 Å². The highest BCUT2D eigenvalue weighted by Crippen LogP contribution is 2.24. The van der Waals surface area contributed by atoms with Gasteiger partial charge in [0.1, 0.15) is 0 Å². The fourth-order valence-corrected chi connectivity index (χ4v) is 4.47. The topological polar surface area (TPSA) is 133 Å². The summed E-state index contributed by atoms with van der Waals surface area (Å²) in [5.74, 6) is -1.09. The summed E-state index contributed by atoms with van der Waals surface area (Å²) < 4.78 is 0.843. The maximum atomic E-state index is 11.7. The summed E-state index contributed by atoms with van der Waals surface area (Å²) in [6, 6.07) is 29.5. The quantitative estimate of drug-likeness (QED) is 0.207. The number of hydrogen-bond donors (Lipinski definition) is 4. The van der Waals surface area contributed by atoms with E-state index >= 15 is 0 Å². The van der Waals surface area contributed by atoms with E-state index < -0.39 is 7.12 Å². The molecule has 40 heavy (non-hydrogen) atoms. The van der Waals surface area contributed by atoms with Gasteiger partial charge in [-0.1, -0.05) is 94.8 Å². The summed E-state index contributed by atoms with van der Waals surface area (Å²) in [6.45, 7) is 0. The zero-order chi connectivity index (χ0) is 28.6. The number of amides is 4. The van der Waals surface area contributed by atoms with Crippen molar-refractivity contribution in [3.05, 3.63) is 124 Å². The summed E-state index contributed by atoms with van der Waals surface area (Å²) >= 11 is 3.27. The van der Waals surface area contributed by atoms with E-state index in [-0.39, 0.29) is 36.5 Å². The van der Waals surface area contributed by atoms with Crippen LogP contribution in [0.15, 0.2) is 102 Å². The highest BCUT2D eigenvalue weighted by molar-refractivity contribution is 9.10. The van der Waals surface area contributed by atoms with Crippen LogP contribution in [0.25, 0.3) is 11.1 Å². The zero-order valence-electron chi connectivity index (χ0n) is 21.1. The molecular formula is C30H24BBrN2O6. The lowest BCUT2D eigenvalue weighted by Crippen LogP contribution is -2.37. The highest BCUT2D eigenvalue weighted by Gasteiger charge is 2.23. The molecule has 0 aliphatic carbocycles. The van der Waals surface area contributed by atoms with Crippen LogP contribution in [0.4, 0.5) is 0 Å². The van der Waals surface area contributed by atoms with Crippen molar-refractivity contribution in [1.29, 1.82) is 0 Å². The Labute approximate surface area is 239 Å². The second-order valence-corrected chi connectivity index (χ2v) is 9.85. The third-order valence-corrected chi connectivity index (χ3v) is 6.58. The first-order valence-corrected chi connectivity index (χ1v) is 13.1. The first-order valence-electron chi connectivity index (χ1n) is 12.3. The molecule has 2 aliphatic heterocycles. The second kappa shape index (κ2) is 13.1. The van der Waals surface area contributed by atoms with E-state index in [9.17, 15) is 19.2 Å². The van der Waals surface area contributed by atoms with Gasteiger partial charge in [-0.3, -0.25) is 29.8 Å². The Kier molecular flexibility index (Phi) is 9.39. The predicted molar refractivity (Wildman–Crippen MR) is 155 cm³/mol. The summed E-state index contributed by atoms with van der Waals surface area (Å²) in [5.41, 5.74) is 5.33. The second-order valence-electron chi connectivity index (χ2n) is 8.93. The fraction of sp³-hybridized carbons (Fsp3) is 0.0667. The molecule has 4 aromatic carbocycles. The van der Waals surface area contributed by atoms with E-state index in [4.69, 9.17) is 10.0 Å². The summed E-state index contributed by atoms with van der Waals surface area (Å²) in [7, 11) is -1.34. The van der Waals surface area contributed by atoms with Crippen molar-refractivity contribution in [2.75, 3.05) is 0 Å². The molecule has 4 N–H and O–H groups in total. The van der Waals surface area contributed by atoms with Gasteiger partial charge in [-0.2, -0.15) is 0 Å². The van der Waals surface area contributed by atoms with E-state index in [1.807, 2.05) is 60.7 Å². The summed E-state index contributed by atoms with van der Waals surface area (Å²) in [4.78, 5) is 45.3. The van der Waals surface area contributed by atoms with Crippen LogP contribution >= 0.6 is 15.9 Å². The minimum absolute atomic E-state index is 0.236. The number of halogens is 1. The van der Waals surface area contributed by atoms with Gasteiger partial charge in [-0.25, -0.2) is 0 Å². The molecule has 2 heterocycles. The van der Waals surface area contributed by atoms with Gasteiger partial charge in [0.2, 0.25) is 11.8 Å². The van der Waals surface area contributed by atoms with Gasteiger partial charge in [-0.15, -0.1) is 0 Å². The molecular weight excluding hydrogens is 575 g/mol. The first kappa shape index (κ1) is 28.6. The number of rotatable bonds is 2. The third-order valence-electron chi connectivity index (χ3n) is 6.08. The molecule has 4 amide bonds. The Bertz CT molecular complexity index is 1560. The smallest absolute Gasteiger partial charge is 0.423 e. The van der Waals surface area contributed by atoms with Crippen LogP contribution in [0.1, 0.15) is 31.8 Å². The number of nitrogens with one attached hydrogen (secondary N) is 2. The van der Waals surface area contributed by atoms with E-state index in [0.717, 1.165) is 26.7 Å². The molecule has 10 heteroatoms. The molecule has 0 radical (unpaired) electrons. The van der Waals surface area contributed by atoms with E-state index in [2.05, 4.69) is 26.6 Å². The van der Waals surface area contributed by atoms with Crippen LogP contribution in [0.5, 0.6) is 0 Å². The average Bonchev–Trinajstić information content (AvgIpc) is 2.95. The minimum Gasteiger partial charge on any atom is -0.423 e. The monoisotopic (exact) mass is 598 g/mol. The van der Waals surface area contributed by atoms with Crippen LogP contribution in [0.2, 0.25) is 0 Å². The van der Waals surface area contributed by atoms with Gasteiger partial charge < -0.3 is 10.0 Å². The van der Waals surface area contributed by atoms with Crippen LogP contribution in [0.3, 0.4) is 0 Å². The first-order chi connectivity index (χ1) is 19.2. The number of carbonyl (C=O) groups excluding carboxylic acids is 4. The largest absolute Gasteiger partial charge is 0.488 e. The maximum absolute atomic E-state index is 11.7.